The topological polar surface area (TPSA) is 59.0 Å². The standard InChI is InChI=1S/C17H25NO4/c1-13-6-5-7-14(10-13)22-12-17(20)8-9-18(11-17)15(19)16(2,3)21-4/h5-7,10,20H,8-9,11-12H2,1-4H3. The van der Waals surface area contributed by atoms with Crippen LogP contribution in [0.1, 0.15) is 25.8 Å². The molecular weight excluding hydrogens is 282 g/mol. The monoisotopic (exact) mass is 307 g/mol. The predicted molar refractivity (Wildman–Crippen MR) is 83.9 cm³/mol. The highest BCUT2D eigenvalue weighted by molar-refractivity contribution is 5.84. The summed E-state index contributed by atoms with van der Waals surface area (Å²) in [7, 11) is 1.51. The number of nitrogens with zero attached hydrogens (tertiary/aromatic N) is 1. The van der Waals surface area contributed by atoms with Crippen LogP contribution in [0.15, 0.2) is 24.3 Å². The van der Waals surface area contributed by atoms with Gasteiger partial charge in [-0.25, -0.2) is 0 Å². The summed E-state index contributed by atoms with van der Waals surface area (Å²) >= 11 is 0. The molecule has 1 aromatic carbocycles. The van der Waals surface area contributed by atoms with Crippen LogP contribution >= 0.6 is 0 Å². The Hall–Kier alpha value is -1.59. The van der Waals surface area contributed by atoms with E-state index in [0.29, 0.717) is 13.0 Å². The zero-order chi connectivity index (χ0) is 16.4. The molecule has 0 spiro atoms. The van der Waals surface area contributed by atoms with Gasteiger partial charge in [0.05, 0.1) is 6.54 Å². The first-order valence-electron chi connectivity index (χ1n) is 7.52. The first kappa shape index (κ1) is 16.8. The summed E-state index contributed by atoms with van der Waals surface area (Å²) < 4.78 is 10.9. The number of ether oxygens (including phenoxy) is 2. The highest BCUT2D eigenvalue weighted by Crippen LogP contribution is 2.26. The minimum absolute atomic E-state index is 0.110. The van der Waals surface area contributed by atoms with Crippen LogP contribution in [0.3, 0.4) is 0 Å². The van der Waals surface area contributed by atoms with Crippen LogP contribution < -0.4 is 4.74 Å². The summed E-state index contributed by atoms with van der Waals surface area (Å²) in [5.74, 6) is 0.622. The lowest BCUT2D eigenvalue weighted by molar-refractivity contribution is -0.151. The molecule has 1 amide bonds. The average molecular weight is 307 g/mol. The molecule has 1 fully saturated rings. The van der Waals surface area contributed by atoms with Gasteiger partial charge in [-0.1, -0.05) is 12.1 Å². The number of likely N-dealkylation sites (tertiary alicyclic amines) is 1. The molecule has 0 radical (unpaired) electrons. The SMILES string of the molecule is COC(C)(C)C(=O)N1CCC(O)(COc2cccc(C)c2)C1. The molecule has 5 nitrogen and oxygen atoms in total. The number of carbonyl (C=O) groups excluding carboxylic acids is 1. The molecule has 0 aromatic heterocycles. The van der Waals surface area contributed by atoms with Gasteiger partial charge in [0.1, 0.15) is 23.6 Å². The van der Waals surface area contributed by atoms with Gasteiger partial charge in [-0.2, -0.15) is 0 Å². The van der Waals surface area contributed by atoms with Gasteiger partial charge in [0.25, 0.3) is 5.91 Å². The maximum absolute atomic E-state index is 12.4. The van der Waals surface area contributed by atoms with Crippen molar-refractivity contribution in [1.82, 2.24) is 4.90 Å². The van der Waals surface area contributed by atoms with Gasteiger partial charge >= 0.3 is 0 Å². The van der Waals surface area contributed by atoms with Crippen LogP contribution in [-0.4, -0.2) is 53.9 Å². The molecular formula is C17H25NO4. The van der Waals surface area contributed by atoms with E-state index in [1.54, 1.807) is 18.7 Å². The van der Waals surface area contributed by atoms with E-state index in [2.05, 4.69) is 0 Å². The molecule has 1 saturated heterocycles. The lowest BCUT2D eigenvalue weighted by Gasteiger charge is -2.29. The lowest BCUT2D eigenvalue weighted by atomic mass is 10.1. The zero-order valence-corrected chi connectivity index (χ0v) is 13.8. The number of benzene rings is 1. The number of aryl methyl sites for hydroxylation is 1. The third-order valence-electron chi connectivity index (χ3n) is 4.14. The van der Waals surface area contributed by atoms with Crippen molar-refractivity contribution in [2.45, 2.75) is 38.4 Å². The molecule has 0 bridgehead atoms. The first-order valence-corrected chi connectivity index (χ1v) is 7.52. The summed E-state index contributed by atoms with van der Waals surface area (Å²) in [5.41, 5.74) is -0.777. The van der Waals surface area contributed by atoms with E-state index in [9.17, 15) is 9.90 Å². The van der Waals surface area contributed by atoms with Gasteiger partial charge in [-0.15, -0.1) is 0 Å². The molecule has 5 heteroatoms. The van der Waals surface area contributed by atoms with Crippen LogP contribution in [0.4, 0.5) is 0 Å². The molecule has 1 heterocycles. The van der Waals surface area contributed by atoms with E-state index in [0.717, 1.165) is 11.3 Å². The van der Waals surface area contributed by atoms with Crippen LogP contribution in [-0.2, 0) is 9.53 Å². The Bertz CT molecular complexity index is 543. The molecule has 1 atom stereocenters. The molecule has 1 aromatic rings. The van der Waals surface area contributed by atoms with Crippen molar-refractivity contribution in [1.29, 1.82) is 0 Å². The fourth-order valence-corrected chi connectivity index (χ4v) is 2.54. The zero-order valence-electron chi connectivity index (χ0n) is 13.8. The van der Waals surface area contributed by atoms with Crippen LogP contribution in [0.2, 0.25) is 0 Å². The van der Waals surface area contributed by atoms with Crippen LogP contribution in [0.5, 0.6) is 5.75 Å². The van der Waals surface area contributed by atoms with Crippen molar-refractivity contribution in [3.63, 3.8) is 0 Å². The Morgan fingerprint density at radius 2 is 2.18 bits per heavy atom. The molecule has 122 valence electrons. The quantitative estimate of drug-likeness (QED) is 0.900. The van der Waals surface area contributed by atoms with Gasteiger partial charge in [0.15, 0.2) is 0 Å². The summed E-state index contributed by atoms with van der Waals surface area (Å²) in [6.07, 6.45) is 0.504. The van der Waals surface area contributed by atoms with E-state index in [-0.39, 0.29) is 19.1 Å². The maximum atomic E-state index is 12.4. The van der Waals surface area contributed by atoms with Crippen molar-refractivity contribution < 1.29 is 19.4 Å². The highest BCUT2D eigenvalue weighted by atomic mass is 16.5. The van der Waals surface area contributed by atoms with E-state index >= 15 is 0 Å². The fraction of sp³-hybridized carbons (Fsp3) is 0.588. The predicted octanol–water partition coefficient (Wildman–Crippen LogP) is 1.76. The van der Waals surface area contributed by atoms with Crippen molar-refractivity contribution in [2.75, 3.05) is 26.8 Å². The third-order valence-corrected chi connectivity index (χ3v) is 4.14. The number of rotatable bonds is 5. The van der Waals surface area contributed by atoms with E-state index < -0.39 is 11.2 Å². The van der Waals surface area contributed by atoms with Crippen molar-refractivity contribution in [3.8, 4) is 5.75 Å². The van der Waals surface area contributed by atoms with Crippen molar-refractivity contribution in [3.05, 3.63) is 29.8 Å². The van der Waals surface area contributed by atoms with E-state index in [1.165, 1.54) is 7.11 Å². The summed E-state index contributed by atoms with van der Waals surface area (Å²) in [4.78, 5) is 14.0. The Morgan fingerprint density at radius 3 is 2.82 bits per heavy atom. The number of aliphatic hydroxyl groups is 1. The second-order valence-electron chi connectivity index (χ2n) is 6.52. The second-order valence-corrected chi connectivity index (χ2v) is 6.52. The number of hydrogen-bond acceptors (Lipinski definition) is 4. The van der Waals surface area contributed by atoms with Gasteiger partial charge in [-0.3, -0.25) is 4.79 Å². The number of methoxy groups -OCH3 is 1. The van der Waals surface area contributed by atoms with Crippen molar-refractivity contribution in [2.24, 2.45) is 0 Å². The molecule has 1 aliphatic rings. The minimum atomic E-state index is -1.01. The maximum Gasteiger partial charge on any atom is 0.254 e. The summed E-state index contributed by atoms with van der Waals surface area (Å²) in [6, 6.07) is 7.70. The average Bonchev–Trinajstić information content (AvgIpc) is 2.87. The van der Waals surface area contributed by atoms with Crippen molar-refractivity contribution >= 4 is 5.91 Å². The van der Waals surface area contributed by atoms with Crippen LogP contribution in [0.25, 0.3) is 0 Å². The van der Waals surface area contributed by atoms with E-state index in [4.69, 9.17) is 9.47 Å². The summed E-state index contributed by atoms with van der Waals surface area (Å²) in [5, 5.41) is 10.6. The van der Waals surface area contributed by atoms with Gasteiger partial charge in [0, 0.05) is 13.7 Å². The first-order chi connectivity index (χ1) is 10.3. The molecule has 1 unspecified atom stereocenters. The number of hydrogen-bond donors (Lipinski definition) is 1. The third kappa shape index (κ3) is 3.78. The van der Waals surface area contributed by atoms with Gasteiger partial charge < -0.3 is 19.5 Å². The Balaban J connectivity index is 1.94. The number of β-amino-alcohol motifs (C(OH)–C–C–N with tert-alkyl or cyclic N) is 1. The second kappa shape index (κ2) is 6.26. The number of carbonyl (C=O) groups is 1. The smallest absolute Gasteiger partial charge is 0.254 e. The molecule has 1 aliphatic heterocycles. The van der Waals surface area contributed by atoms with Crippen LogP contribution in [0, 0.1) is 6.92 Å². The summed E-state index contributed by atoms with van der Waals surface area (Å²) in [6.45, 7) is 6.41. The molecule has 0 saturated carbocycles. The highest BCUT2D eigenvalue weighted by Gasteiger charge is 2.43. The normalized spacial score (nSPS) is 22.0. The molecule has 2 rings (SSSR count). The van der Waals surface area contributed by atoms with E-state index in [1.807, 2.05) is 31.2 Å². The minimum Gasteiger partial charge on any atom is -0.491 e. The molecule has 1 N–H and O–H groups in total. The Kier molecular flexibility index (Phi) is 4.78. The number of amides is 1. The molecule has 22 heavy (non-hydrogen) atoms. The van der Waals surface area contributed by atoms with Gasteiger partial charge in [0.2, 0.25) is 0 Å². The Morgan fingerprint density at radius 1 is 1.45 bits per heavy atom. The van der Waals surface area contributed by atoms with Gasteiger partial charge in [-0.05, 0) is 44.9 Å². The lowest BCUT2D eigenvalue weighted by Crippen LogP contribution is -2.48. The molecule has 0 aliphatic carbocycles. The Labute approximate surface area is 131 Å². The largest absolute Gasteiger partial charge is 0.491 e. The fourth-order valence-electron chi connectivity index (χ4n) is 2.54.